The molecule has 0 heterocycles. The number of hydrogen-bond donors (Lipinski definition) is 1. The molecule has 0 saturated carbocycles. The number of likely N-dealkylation sites (N-methyl/N-ethyl adjacent to an activating group) is 1. The summed E-state index contributed by atoms with van der Waals surface area (Å²) in [6.07, 6.45) is 0. The summed E-state index contributed by atoms with van der Waals surface area (Å²) in [5.74, 6) is -0.399. The standard InChI is InChI=1S/C10H20N2O3/c1-6-15-8(13)7-12(5)9(14)11-10(2,3)4/h6-7H2,1-5H3,(H,11,14). The summed E-state index contributed by atoms with van der Waals surface area (Å²) >= 11 is 0. The van der Waals surface area contributed by atoms with Crippen molar-refractivity contribution >= 4 is 12.0 Å². The molecule has 5 heteroatoms. The van der Waals surface area contributed by atoms with Gasteiger partial charge in [-0.25, -0.2) is 4.79 Å². The summed E-state index contributed by atoms with van der Waals surface area (Å²) < 4.78 is 4.73. The molecule has 0 radical (unpaired) electrons. The molecule has 0 aliphatic heterocycles. The lowest BCUT2D eigenvalue weighted by atomic mass is 10.1. The van der Waals surface area contributed by atoms with E-state index in [0.717, 1.165) is 0 Å². The van der Waals surface area contributed by atoms with E-state index >= 15 is 0 Å². The van der Waals surface area contributed by atoms with Gasteiger partial charge in [-0.2, -0.15) is 0 Å². The molecule has 0 spiro atoms. The van der Waals surface area contributed by atoms with Crippen molar-refractivity contribution in [3.63, 3.8) is 0 Å². The zero-order valence-electron chi connectivity index (χ0n) is 10.1. The molecule has 0 unspecified atom stereocenters. The number of urea groups is 1. The van der Waals surface area contributed by atoms with Crippen molar-refractivity contribution in [2.75, 3.05) is 20.2 Å². The number of carbonyl (C=O) groups is 2. The Labute approximate surface area is 90.8 Å². The van der Waals surface area contributed by atoms with Crippen LogP contribution in [0.1, 0.15) is 27.7 Å². The highest BCUT2D eigenvalue weighted by Crippen LogP contribution is 2.00. The Balaban J connectivity index is 4.05. The number of esters is 1. The smallest absolute Gasteiger partial charge is 0.325 e. The molecule has 0 aromatic rings. The number of nitrogens with zero attached hydrogens (tertiary/aromatic N) is 1. The molecule has 0 bridgehead atoms. The largest absolute Gasteiger partial charge is 0.465 e. The van der Waals surface area contributed by atoms with Crippen molar-refractivity contribution in [2.24, 2.45) is 0 Å². The summed E-state index contributed by atoms with van der Waals surface area (Å²) in [6, 6.07) is -0.282. The molecule has 1 N–H and O–H groups in total. The molecule has 0 fully saturated rings. The second-order valence-corrected chi connectivity index (χ2v) is 4.34. The first-order chi connectivity index (χ1) is 6.76. The Morgan fingerprint density at radius 3 is 2.27 bits per heavy atom. The summed E-state index contributed by atoms with van der Waals surface area (Å²) in [4.78, 5) is 23.9. The highest BCUT2D eigenvalue weighted by molar-refractivity contribution is 5.81. The van der Waals surface area contributed by atoms with Crippen LogP contribution in [0.25, 0.3) is 0 Å². The SMILES string of the molecule is CCOC(=O)CN(C)C(=O)NC(C)(C)C. The van der Waals surface area contributed by atoms with E-state index in [0.29, 0.717) is 6.61 Å². The highest BCUT2D eigenvalue weighted by Gasteiger charge is 2.18. The van der Waals surface area contributed by atoms with Crippen LogP contribution >= 0.6 is 0 Å². The number of amides is 2. The molecule has 15 heavy (non-hydrogen) atoms. The zero-order chi connectivity index (χ0) is 12.1. The van der Waals surface area contributed by atoms with E-state index in [-0.39, 0.29) is 18.1 Å². The molecule has 0 rings (SSSR count). The van der Waals surface area contributed by atoms with Crippen molar-refractivity contribution in [3.05, 3.63) is 0 Å². The van der Waals surface area contributed by atoms with Gasteiger partial charge in [-0.05, 0) is 27.7 Å². The van der Waals surface area contributed by atoms with Gasteiger partial charge in [-0.1, -0.05) is 0 Å². The van der Waals surface area contributed by atoms with Gasteiger partial charge in [-0.3, -0.25) is 4.79 Å². The minimum atomic E-state index is -0.399. The first kappa shape index (κ1) is 13.7. The lowest BCUT2D eigenvalue weighted by Crippen LogP contribution is -2.48. The average Bonchev–Trinajstić information content (AvgIpc) is 2.00. The van der Waals surface area contributed by atoms with E-state index in [2.05, 4.69) is 5.32 Å². The molecule has 0 aromatic heterocycles. The molecule has 0 aromatic carbocycles. The maximum atomic E-state index is 11.5. The number of ether oxygens (including phenoxy) is 1. The summed E-state index contributed by atoms with van der Waals surface area (Å²) in [5.41, 5.74) is -0.306. The van der Waals surface area contributed by atoms with Gasteiger partial charge in [0.15, 0.2) is 0 Å². The summed E-state index contributed by atoms with van der Waals surface area (Å²) in [6.45, 7) is 7.66. The molecule has 88 valence electrons. The van der Waals surface area contributed by atoms with Gasteiger partial charge in [0.2, 0.25) is 0 Å². The van der Waals surface area contributed by atoms with Crippen LogP contribution in [0.3, 0.4) is 0 Å². The normalized spacial score (nSPS) is 10.7. The third-order valence-corrected chi connectivity index (χ3v) is 1.50. The van der Waals surface area contributed by atoms with Crippen molar-refractivity contribution < 1.29 is 14.3 Å². The third kappa shape index (κ3) is 6.76. The van der Waals surface area contributed by atoms with Crippen LogP contribution in [0.5, 0.6) is 0 Å². The molecule has 0 atom stereocenters. The number of hydrogen-bond acceptors (Lipinski definition) is 3. The molecule has 0 aliphatic carbocycles. The number of rotatable bonds is 3. The van der Waals surface area contributed by atoms with Crippen LogP contribution < -0.4 is 5.32 Å². The van der Waals surface area contributed by atoms with Crippen molar-refractivity contribution in [2.45, 2.75) is 33.2 Å². The Kier molecular flexibility index (Phi) is 5.11. The van der Waals surface area contributed by atoms with E-state index < -0.39 is 5.97 Å². The van der Waals surface area contributed by atoms with Crippen LogP contribution in [0.2, 0.25) is 0 Å². The predicted molar refractivity (Wildman–Crippen MR) is 57.5 cm³/mol. The Morgan fingerprint density at radius 2 is 1.87 bits per heavy atom. The van der Waals surface area contributed by atoms with Crippen LogP contribution in [-0.2, 0) is 9.53 Å². The van der Waals surface area contributed by atoms with Crippen LogP contribution in [0, 0.1) is 0 Å². The van der Waals surface area contributed by atoms with E-state index in [1.807, 2.05) is 20.8 Å². The van der Waals surface area contributed by atoms with Gasteiger partial charge in [0, 0.05) is 12.6 Å². The maximum Gasteiger partial charge on any atom is 0.325 e. The van der Waals surface area contributed by atoms with Gasteiger partial charge in [-0.15, -0.1) is 0 Å². The average molecular weight is 216 g/mol. The fourth-order valence-corrected chi connectivity index (χ4v) is 0.888. The second kappa shape index (κ2) is 5.58. The van der Waals surface area contributed by atoms with E-state index in [1.54, 1.807) is 14.0 Å². The van der Waals surface area contributed by atoms with Crippen molar-refractivity contribution in [1.82, 2.24) is 10.2 Å². The van der Waals surface area contributed by atoms with E-state index in [9.17, 15) is 9.59 Å². The van der Waals surface area contributed by atoms with Gasteiger partial charge in [0.05, 0.1) is 6.61 Å². The molecular weight excluding hydrogens is 196 g/mol. The minimum absolute atomic E-state index is 0.0320. The molecule has 2 amide bonds. The third-order valence-electron chi connectivity index (χ3n) is 1.50. The highest BCUT2D eigenvalue weighted by atomic mass is 16.5. The first-order valence-electron chi connectivity index (χ1n) is 4.95. The quantitative estimate of drug-likeness (QED) is 0.716. The van der Waals surface area contributed by atoms with Gasteiger partial charge >= 0.3 is 12.0 Å². The van der Waals surface area contributed by atoms with Crippen LogP contribution in [-0.4, -0.2) is 42.6 Å². The molecule has 0 aliphatic rings. The topological polar surface area (TPSA) is 58.6 Å². The molecule has 0 saturated heterocycles. The van der Waals surface area contributed by atoms with Crippen LogP contribution in [0.4, 0.5) is 4.79 Å². The Bertz CT molecular complexity index is 233. The van der Waals surface area contributed by atoms with E-state index in [1.165, 1.54) is 4.90 Å². The zero-order valence-corrected chi connectivity index (χ0v) is 10.1. The predicted octanol–water partition coefficient (Wildman–Crippen LogP) is 0.989. The summed E-state index contributed by atoms with van der Waals surface area (Å²) in [7, 11) is 1.55. The molecular formula is C10H20N2O3. The lowest BCUT2D eigenvalue weighted by molar-refractivity contribution is -0.143. The monoisotopic (exact) mass is 216 g/mol. The van der Waals surface area contributed by atoms with Gasteiger partial charge < -0.3 is 15.0 Å². The first-order valence-corrected chi connectivity index (χ1v) is 4.95. The fraction of sp³-hybridized carbons (Fsp3) is 0.800. The van der Waals surface area contributed by atoms with Crippen molar-refractivity contribution in [3.8, 4) is 0 Å². The summed E-state index contributed by atoms with van der Waals surface area (Å²) in [5, 5.41) is 2.75. The van der Waals surface area contributed by atoms with Crippen LogP contribution in [0.15, 0.2) is 0 Å². The maximum absolute atomic E-state index is 11.5. The number of carbonyl (C=O) groups excluding carboxylic acids is 2. The van der Waals surface area contributed by atoms with Crippen molar-refractivity contribution in [1.29, 1.82) is 0 Å². The van der Waals surface area contributed by atoms with Gasteiger partial charge in [0.25, 0.3) is 0 Å². The lowest BCUT2D eigenvalue weighted by Gasteiger charge is -2.25. The minimum Gasteiger partial charge on any atom is -0.465 e. The van der Waals surface area contributed by atoms with Gasteiger partial charge in [0.1, 0.15) is 6.54 Å². The Hall–Kier alpha value is -1.26. The fourth-order valence-electron chi connectivity index (χ4n) is 0.888. The second-order valence-electron chi connectivity index (χ2n) is 4.34. The number of nitrogens with one attached hydrogen (secondary N) is 1. The Morgan fingerprint density at radius 1 is 1.33 bits per heavy atom. The van der Waals surface area contributed by atoms with E-state index in [4.69, 9.17) is 4.74 Å². The molecule has 5 nitrogen and oxygen atoms in total.